The number of anilines is 1. The van der Waals surface area contributed by atoms with E-state index in [9.17, 15) is 10.2 Å². The van der Waals surface area contributed by atoms with Crippen LogP contribution in [0.25, 0.3) is 0 Å². The van der Waals surface area contributed by atoms with E-state index < -0.39 is 6.10 Å². The summed E-state index contributed by atoms with van der Waals surface area (Å²) >= 11 is 0. The van der Waals surface area contributed by atoms with Crippen LogP contribution >= 0.6 is 0 Å². The number of benzene rings is 1. The Bertz CT molecular complexity index is 387. The van der Waals surface area contributed by atoms with Gasteiger partial charge in [-0.05, 0) is 45.0 Å². The van der Waals surface area contributed by atoms with Gasteiger partial charge < -0.3 is 20.8 Å². The molecule has 0 spiro atoms. The Balaban J connectivity index is 2.11. The molecule has 1 aromatic rings. The van der Waals surface area contributed by atoms with Gasteiger partial charge in [0.1, 0.15) is 5.75 Å². The van der Waals surface area contributed by atoms with E-state index >= 15 is 0 Å². The van der Waals surface area contributed by atoms with Crippen molar-refractivity contribution in [1.82, 2.24) is 4.90 Å². The molecule has 1 heterocycles. The fourth-order valence-electron chi connectivity index (χ4n) is 2.43. The number of nitrogens with zero attached hydrogens (tertiary/aromatic N) is 1. The number of phenols is 1. The highest BCUT2D eigenvalue weighted by molar-refractivity contribution is 5.52. The summed E-state index contributed by atoms with van der Waals surface area (Å²) < 4.78 is 0. The Morgan fingerprint density at radius 3 is 2.59 bits per heavy atom. The van der Waals surface area contributed by atoms with Crippen molar-refractivity contribution in [3.05, 3.63) is 23.8 Å². The number of nitrogen functional groups attached to an aromatic ring is 1. The Labute approximate surface area is 102 Å². The lowest BCUT2D eigenvalue weighted by molar-refractivity contribution is 0.0662. The average Bonchev–Trinajstić information content (AvgIpc) is 2.29. The maximum absolute atomic E-state index is 10.3. The fraction of sp³-hybridized carbons (Fsp3) is 0.538. The molecule has 1 aliphatic heterocycles. The van der Waals surface area contributed by atoms with Crippen molar-refractivity contribution in [3.63, 3.8) is 0 Å². The van der Waals surface area contributed by atoms with Crippen molar-refractivity contribution in [1.29, 1.82) is 0 Å². The number of phenolic OH excluding ortho intramolecular Hbond substituents is 1. The first-order valence-electron chi connectivity index (χ1n) is 6.03. The normalized spacial score (nSPS) is 20.4. The zero-order valence-corrected chi connectivity index (χ0v) is 10.1. The van der Waals surface area contributed by atoms with E-state index in [4.69, 9.17) is 5.73 Å². The number of piperidine rings is 1. The van der Waals surface area contributed by atoms with E-state index in [-0.39, 0.29) is 11.7 Å². The van der Waals surface area contributed by atoms with Crippen molar-refractivity contribution < 1.29 is 10.2 Å². The second kappa shape index (κ2) is 4.94. The van der Waals surface area contributed by atoms with Crippen molar-refractivity contribution >= 4 is 5.69 Å². The zero-order chi connectivity index (χ0) is 12.4. The molecular weight excluding hydrogens is 216 g/mol. The number of hydrogen-bond acceptors (Lipinski definition) is 4. The van der Waals surface area contributed by atoms with Crippen molar-refractivity contribution in [2.45, 2.75) is 18.9 Å². The number of rotatable bonds is 2. The summed E-state index contributed by atoms with van der Waals surface area (Å²) in [5.41, 5.74) is 7.03. The molecule has 1 aliphatic rings. The third-order valence-electron chi connectivity index (χ3n) is 3.60. The molecule has 0 saturated carbocycles. The molecule has 0 amide bonds. The monoisotopic (exact) mass is 236 g/mol. The van der Waals surface area contributed by atoms with Gasteiger partial charge in [0.2, 0.25) is 0 Å². The molecular formula is C13H20N2O2. The molecule has 94 valence electrons. The van der Waals surface area contributed by atoms with Crippen LogP contribution in [0.5, 0.6) is 5.75 Å². The molecule has 1 fully saturated rings. The highest BCUT2D eigenvalue weighted by atomic mass is 16.3. The molecule has 1 aromatic carbocycles. The molecule has 0 radical (unpaired) electrons. The number of likely N-dealkylation sites (tertiary alicyclic amines) is 1. The molecule has 0 aromatic heterocycles. The van der Waals surface area contributed by atoms with Crippen LogP contribution in [0, 0.1) is 5.92 Å². The van der Waals surface area contributed by atoms with E-state index in [1.54, 1.807) is 12.1 Å². The number of nitrogens with two attached hydrogens (primary N) is 1. The van der Waals surface area contributed by atoms with E-state index in [1.807, 2.05) is 0 Å². The summed E-state index contributed by atoms with van der Waals surface area (Å²) in [5.74, 6) is 0.403. The van der Waals surface area contributed by atoms with E-state index in [1.165, 1.54) is 6.07 Å². The number of aliphatic hydroxyl groups is 1. The van der Waals surface area contributed by atoms with Gasteiger partial charge in [-0.3, -0.25) is 0 Å². The van der Waals surface area contributed by atoms with Crippen molar-refractivity contribution in [3.8, 4) is 5.75 Å². The summed E-state index contributed by atoms with van der Waals surface area (Å²) in [6.07, 6.45) is 1.44. The number of aromatic hydroxyl groups is 1. The molecule has 4 N–H and O–H groups in total. The molecule has 4 nitrogen and oxygen atoms in total. The summed E-state index contributed by atoms with van der Waals surface area (Å²) in [5, 5.41) is 19.6. The highest BCUT2D eigenvalue weighted by Crippen LogP contribution is 2.34. The van der Waals surface area contributed by atoms with Crippen LogP contribution in [-0.2, 0) is 0 Å². The molecule has 1 unspecified atom stereocenters. The van der Waals surface area contributed by atoms with Crippen LogP contribution in [0.2, 0.25) is 0 Å². The van der Waals surface area contributed by atoms with Crippen LogP contribution in [0.4, 0.5) is 5.69 Å². The van der Waals surface area contributed by atoms with Gasteiger partial charge in [-0.25, -0.2) is 0 Å². The second-order valence-electron chi connectivity index (χ2n) is 4.90. The third kappa shape index (κ3) is 2.70. The summed E-state index contributed by atoms with van der Waals surface area (Å²) in [6.45, 7) is 2.03. The smallest absolute Gasteiger partial charge is 0.117 e. The van der Waals surface area contributed by atoms with E-state index in [0.717, 1.165) is 31.5 Å². The number of aliphatic hydroxyl groups excluding tert-OH is 1. The SMILES string of the molecule is CN1CCC(C(O)c2ccc(O)cc2N)CC1. The van der Waals surface area contributed by atoms with E-state index in [2.05, 4.69) is 11.9 Å². The molecule has 4 heteroatoms. The van der Waals surface area contributed by atoms with Crippen LogP contribution in [0.15, 0.2) is 18.2 Å². The molecule has 2 rings (SSSR count). The maximum Gasteiger partial charge on any atom is 0.117 e. The van der Waals surface area contributed by atoms with Gasteiger partial charge in [-0.2, -0.15) is 0 Å². The predicted molar refractivity (Wildman–Crippen MR) is 67.7 cm³/mol. The van der Waals surface area contributed by atoms with Gasteiger partial charge in [0.05, 0.1) is 6.10 Å². The first-order chi connectivity index (χ1) is 8.08. The van der Waals surface area contributed by atoms with Crippen molar-refractivity contribution in [2.24, 2.45) is 5.92 Å². The van der Waals surface area contributed by atoms with Gasteiger partial charge in [0.15, 0.2) is 0 Å². The molecule has 0 bridgehead atoms. The van der Waals surface area contributed by atoms with Crippen LogP contribution in [0.1, 0.15) is 24.5 Å². The van der Waals surface area contributed by atoms with Gasteiger partial charge in [0.25, 0.3) is 0 Å². The highest BCUT2D eigenvalue weighted by Gasteiger charge is 2.26. The minimum Gasteiger partial charge on any atom is -0.508 e. The number of hydrogen-bond donors (Lipinski definition) is 3. The van der Waals surface area contributed by atoms with Gasteiger partial charge in [0, 0.05) is 17.3 Å². The van der Waals surface area contributed by atoms with Crippen LogP contribution in [0.3, 0.4) is 0 Å². The predicted octanol–water partition coefficient (Wildman–Crippen LogP) is 1.35. The Morgan fingerprint density at radius 1 is 1.35 bits per heavy atom. The second-order valence-corrected chi connectivity index (χ2v) is 4.90. The fourth-order valence-corrected chi connectivity index (χ4v) is 2.43. The molecule has 1 atom stereocenters. The van der Waals surface area contributed by atoms with Crippen LogP contribution in [-0.4, -0.2) is 35.3 Å². The lowest BCUT2D eigenvalue weighted by atomic mass is 9.87. The van der Waals surface area contributed by atoms with Gasteiger partial charge in [-0.1, -0.05) is 6.07 Å². The third-order valence-corrected chi connectivity index (χ3v) is 3.60. The van der Waals surface area contributed by atoms with E-state index in [0.29, 0.717) is 5.69 Å². The average molecular weight is 236 g/mol. The quantitative estimate of drug-likeness (QED) is 0.678. The van der Waals surface area contributed by atoms with Crippen molar-refractivity contribution in [2.75, 3.05) is 25.9 Å². The Hall–Kier alpha value is -1.26. The minimum atomic E-state index is -0.524. The molecule has 1 saturated heterocycles. The zero-order valence-electron chi connectivity index (χ0n) is 10.1. The van der Waals surface area contributed by atoms with Crippen LogP contribution < -0.4 is 5.73 Å². The van der Waals surface area contributed by atoms with Gasteiger partial charge in [-0.15, -0.1) is 0 Å². The summed E-state index contributed by atoms with van der Waals surface area (Å²) in [4.78, 5) is 2.27. The maximum atomic E-state index is 10.3. The minimum absolute atomic E-state index is 0.141. The molecule has 0 aliphatic carbocycles. The summed E-state index contributed by atoms with van der Waals surface area (Å²) in [7, 11) is 2.09. The Morgan fingerprint density at radius 2 is 2.00 bits per heavy atom. The molecule has 17 heavy (non-hydrogen) atoms. The summed E-state index contributed by atoms with van der Waals surface area (Å²) in [6, 6.07) is 4.78. The topological polar surface area (TPSA) is 69.7 Å². The lowest BCUT2D eigenvalue weighted by Crippen LogP contribution is -2.32. The standard InChI is InChI=1S/C13H20N2O2/c1-15-6-4-9(5-7-15)13(17)11-3-2-10(16)8-12(11)14/h2-3,8-9,13,16-17H,4-7,14H2,1H3. The Kier molecular flexibility index (Phi) is 3.54. The lowest BCUT2D eigenvalue weighted by Gasteiger charge is -2.32. The van der Waals surface area contributed by atoms with Gasteiger partial charge >= 0.3 is 0 Å². The first-order valence-corrected chi connectivity index (χ1v) is 6.03. The first kappa shape index (κ1) is 12.2. The largest absolute Gasteiger partial charge is 0.508 e.